The maximum absolute atomic E-state index is 13.3. The fourth-order valence-electron chi connectivity index (χ4n) is 3.59. The van der Waals surface area contributed by atoms with Crippen molar-refractivity contribution in [1.82, 2.24) is 19.7 Å². The van der Waals surface area contributed by atoms with Gasteiger partial charge in [0.25, 0.3) is 5.56 Å². The summed E-state index contributed by atoms with van der Waals surface area (Å²) in [5.41, 5.74) is 5.13. The van der Waals surface area contributed by atoms with E-state index in [4.69, 9.17) is 14.1 Å². The third kappa shape index (κ3) is 4.12. The number of rotatable bonds is 6. The predicted molar refractivity (Wildman–Crippen MR) is 136 cm³/mol. The highest BCUT2D eigenvalue weighted by Gasteiger charge is 2.17. The molecule has 3 aromatic heterocycles. The van der Waals surface area contributed by atoms with Crippen LogP contribution in [-0.4, -0.2) is 26.9 Å². The van der Waals surface area contributed by atoms with Crippen LogP contribution >= 0.6 is 23.1 Å². The molecule has 5 rings (SSSR count). The van der Waals surface area contributed by atoms with Crippen LogP contribution in [0.5, 0.6) is 5.75 Å². The second-order valence-corrected chi connectivity index (χ2v) is 9.71. The molecule has 0 spiro atoms. The number of hydrogen-bond donors (Lipinski definition) is 0. The largest absolute Gasteiger partial charge is 0.497 e. The second-order valence-electron chi connectivity index (χ2n) is 7.91. The van der Waals surface area contributed by atoms with E-state index in [0.29, 0.717) is 28.1 Å². The molecule has 0 saturated carbocycles. The lowest BCUT2D eigenvalue weighted by atomic mass is 10.0. The first kappa shape index (κ1) is 22.4. The predicted octanol–water partition coefficient (Wildman–Crippen LogP) is 5.63. The van der Waals surface area contributed by atoms with Crippen LogP contribution in [0.15, 0.2) is 62.2 Å². The third-order valence-electron chi connectivity index (χ3n) is 5.72. The fourth-order valence-corrected chi connectivity index (χ4v) is 5.39. The van der Waals surface area contributed by atoms with Crippen LogP contribution in [0.4, 0.5) is 0 Å². The Morgan fingerprint density at radius 2 is 1.82 bits per heavy atom. The molecule has 3 heterocycles. The van der Waals surface area contributed by atoms with Gasteiger partial charge in [-0.2, -0.15) is 0 Å². The summed E-state index contributed by atoms with van der Waals surface area (Å²) >= 11 is 2.88. The van der Waals surface area contributed by atoms with Crippen LogP contribution in [0.1, 0.15) is 17.0 Å². The zero-order valence-corrected chi connectivity index (χ0v) is 20.8. The van der Waals surface area contributed by atoms with Crippen molar-refractivity contribution in [2.75, 3.05) is 7.11 Å². The number of fused-ring (bicyclic) bond motifs is 1. The average Bonchev–Trinajstić information content (AvgIpc) is 3.50. The van der Waals surface area contributed by atoms with E-state index in [0.717, 1.165) is 27.3 Å². The van der Waals surface area contributed by atoms with Gasteiger partial charge in [-0.05, 0) is 54.8 Å². The fraction of sp³-hybridized carbons (Fsp3) is 0.200. The summed E-state index contributed by atoms with van der Waals surface area (Å²) in [6.07, 6.45) is 0. The molecule has 172 valence electrons. The number of thioether (sulfide) groups is 1. The quantitative estimate of drug-likeness (QED) is 0.225. The van der Waals surface area contributed by atoms with E-state index < -0.39 is 0 Å². The van der Waals surface area contributed by atoms with Gasteiger partial charge in [0.15, 0.2) is 5.16 Å². The van der Waals surface area contributed by atoms with E-state index in [2.05, 4.69) is 42.2 Å². The molecule has 7 nitrogen and oxygen atoms in total. The molecule has 5 aromatic rings. The van der Waals surface area contributed by atoms with Crippen molar-refractivity contribution < 1.29 is 9.15 Å². The van der Waals surface area contributed by atoms with Gasteiger partial charge in [-0.3, -0.25) is 9.36 Å². The summed E-state index contributed by atoms with van der Waals surface area (Å²) in [5, 5.41) is 11.5. The van der Waals surface area contributed by atoms with Gasteiger partial charge in [-0.15, -0.1) is 21.5 Å². The monoisotopic (exact) mass is 490 g/mol. The third-order valence-corrected chi connectivity index (χ3v) is 7.61. The van der Waals surface area contributed by atoms with E-state index in [1.54, 1.807) is 18.7 Å². The molecule has 0 aliphatic heterocycles. The van der Waals surface area contributed by atoms with Gasteiger partial charge in [-0.1, -0.05) is 30.0 Å². The van der Waals surface area contributed by atoms with Gasteiger partial charge in [0.1, 0.15) is 10.6 Å². The van der Waals surface area contributed by atoms with Gasteiger partial charge in [0.05, 0.1) is 18.2 Å². The topological polar surface area (TPSA) is 83.0 Å². The van der Waals surface area contributed by atoms with E-state index in [1.807, 2.05) is 29.6 Å². The summed E-state index contributed by atoms with van der Waals surface area (Å²) in [6, 6.07) is 13.7. The van der Waals surface area contributed by atoms with E-state index in [-0.39, 0.29) is 5.56 Å². The molecule has 2 aromatic carbocycles. The molecule has 0 bridgehead atoms. The molecule has 9 heteroatoms. The Balaban J connectivity index is 1.40. The zero-order valence-electron chi connectivity index (χ0n) is 19.2. The average molecular weight is 491 g/mol. The summed E-state index contributed by atoms with van der Waals surface area (Å²) < 4.78 is 12.6. The number of methoxy groups -OCH3 is 1. The van der Waals surface area contributed by atoms with Crippen LogP contribution in [0.2, 0.25) is 0 Å². The molecule has 0 N–H and O–H groups in total. The highest BCUT2D eigenvalue weighted by molar-refractivity contribution is 7.98. The first-order valence-electron chi connectivity index (χ1n) is 10.6. The molecule has 0 aliphatic carbocycles. The molecule has 0 radical (unpaired) electrons. The SMILES string of the molecule is COc1ccc(-c2nnc(CSc3nc4scc(-c5ccc(C)c(C)c5)c4c(=O)n3C)o2)cc1. The minimum absolute atomic E-state index is 0.0635. The Morgan fingerprint density at radius 1 is 1.06 bits per heavy atom. The van der Waals surface area contributed by atoms with Crippen molar-refractivity contribution in [3.05, 3.63) is 75.2 Å². The van der Waals surface area contributed by atoms with Crippen molar-refractivity contribution in [1.29, 1.82) is 0 Å². The molecule has 0 amide bonds. The number of ether oxygens (including phenoxy) is 1. The molecule has 0 saturated heterocycles. The summed E-state index contributed by atoms with van der Waals surface area (Å²) in [5.74, 6) is 2.07. The molecule has 0 aliphatic rings. The Hall–Kier alpha value is -3.43. The number of nitrogens with zero attached hydrogens (tertiary/aromatic N) is 4. The Morgan fingerprint density at radius 3 is 2.56 bits per heavy atom. The first-order valence-corrected chi connectivity index (χ1v) is 12.5. The molecule has 0 atom stereocenters. The van der Waals surface area contributed by atoms with Crippen molar-refractivity contribution in [3.8, 4) is 28.3 Å². The van der Waals surface area contributed by atoms with Crippen LogP contribution in [-0.2, 0) is 12.8 Å². The maximum atomic E-state index is 13.3. The number of hydrogen-bond acceptors (Lipinski definition) is 8. The van der Waals surface area contributed by atoms with E-state index >= 15 is 0 Å². The Bertz CT molecular complexity index is 1550. The highest BCUT2D eigenvalue weighted by Crippen LogP contribution is 2.33. The standard InChI is InChI=1S/C25H22N4O3S2/c1-14-5-6-17(11-15(14)2)19-12-33-23-21(19)24(30)29(3)25(26-23)34-13-20-27-28-22(32-20)16-7-9-18(31-4)10-8-16/h5-12H,13H2,1-4H3. The van der Waals surface area contributed by atoms with Gasteiger partial charge in [-0.25, -0.2) is 4.98 Å². The molecule has 0 unspecified atom stereocenters. The Kier molecular flexibility index (Phi) is 5.97. The molecule has 0 fully saturated rings. The van der Waals surface area contributed by atoms with E-state index in [1.165, 1.54) is 34.2 Å². The van der Waals surface area contributed by atoms with Gasteiger partial charge in [0, 0.05) is 23.6 Å². The van der Waals surface area contributed by atoms with Crippen LogP contribution in [0.3, 0.4) is 0 Å². The van der Waals surface area contributed by atoms with Crippen LogP contribution < -0.4 is 10.3 Å². The maximum Gasteiger partial charge on any atom is 0.263 e. The van der Waals surface area contributed by atoms with Crippen molar-refractivity contribution in [3.63, 3.8) is 0 Å². The number of aryl methyl sites for hydroxylation is 2. The Labute approximate surface area is 204 Å². The lowest BCUT2D eigenvalue weighted by Gasteiger charge is -2.08. The lowest BCUT2D eigenvalue weighted by molar-refractivity contribution is 0.415. The minimum Gasteiger partial charge on any atom is -0.497 e. The second kappa shape index (κ2) is 9.08. The van der Waals surface area contributed by atoms with Gasteiger partial charge < -0.3 is 9.15 Å². The van der Waals surface area contributed by atoms with Crippen molar-refractivity contribution >= 4 is 33.3 Å². The van der Waals surface area contributed by atoms with Gasteiger partial charge >= 0.3 is 0 Å². The number of aromatic nitrogens is 4. The van der Waals surface area contributed by atoms with Crippen molar-refractivity contribution in [2.24, 2.45) is 7.05 Å². The smallest absolute Gasteiger partial charge is 0.263 e. The molecular weight excluding hydrogens is 468 g/mol. The van der Waals surface area contributed by atoms with Crippen LogP contribution in [0.25, 0.3) is 32.8 Å². The van der Waals surface area contributed by atoms with E-state index in [9.17, 15) is 4.79 Å². The zero-order chi connectivity index (χ0) is 23.8. The first-order chi connectivity index (χ1) is 16.4. The van der Waals surface area contributed by atoms with Gasteiger partial charge in [0.2, 0.25) is 11.8 Å². The summed E-state index contributed by atoms with van der Waals surface area (Å²) in [6.45, 7) is 4.16. The molecular formula is C25H22N4O3S2. The number of benzene rings is 2. The summed E-state index contributed by atoms with van der Waals surface area (Å²) in [7, 11) is 3.37. The minimum atomic E-state index is -0.0635. The normalized spacial score (nSPS) is 11.3. The van der Waals surface area contributed by atoms with Crippen LogP contribution in [0, 0.1) is 13.8 Å². The van der Waals surface area contributed by atoms with Crippen molar-refractivity contribution in [2.45, 2.75) is 24.8 Å². The highest BCUT2D eigenvalue weighted by atomic mass is 32.2. The summed E-state index contributed by atoms with van der Waals surface area (Å²) in [4.78, 5) is 18.8. The lowest BCUT2D eigenvalue weighted by Crippen LogP contribution is -2.19. The molecule has 34 heavy (non-hydrogen) atoms. The number of thiophene rings is 1.